The van der Waals surface area contributed by atoms with E-state index < -0.39 is 24.4 Å². The van der Waals surface area contributed by atoms with Crippen molar-refractivity contribution in [2.75, 3.05) is 13.4 Å². The molecule has 0 radical (unpaired) electrons. The van der Waals surface area contributed by atoms with E-state index in [1.54, 1.807) is 23.6 Å². The molecule has 0 unspecified atom stereocenters. The van der Waals surface area contributed by atoms with Crippen molar-refractivity contribution in [1.82, 2.24) is 5.32 Å². The highest BCUT2D eigenvalue weighted by molar-refractivity contribution is 7.12. The van der Waals surface area contributed by atoms with Crippen LogP contribution in [-0.2, 0) is 20.7 Å². The first-order valence-corrected chi connectivity index (χ1v) is 8.41. The molecule has 1 aromatic heterocycles. The molecule has 1 aliphatic heterocycles. The van der Waals surface area contributed by atoms with Crippen LogP contribution < -0.4 is 14.8 Å². The molecule has 1 aromatic carbocycles. The summed E-state index contributed by atoms with van der Waals surface area (Å²) >= 11 is 1.22. The summed E-state index contributed by atoms with van der Waals surface area (Å²) in [6, 6.07) is 8.74. The Balaban J connectivity index is 1.39. The van der Waals surface area contributed by atoms with Gasteiger partial charge < -0.3 is 14.2 Å². The molecule has 130 valence electrons. The lowest BCUT2D eigenvalue weighted by Crippen LogP contribution is -2.33. The third-order valence-electron chi connectivity index (χ3n) is 3.42. The molecule has 8 heteroatoms. The SMILES string of the molecule is O=C(COC(=O)CCc1ccc2c(c1)OCO2)NC(=O)c1cccs1. The van der Waals surface area contributed by atoms with Crippen molar-refractivity contribution in [2.45, 2.75) is 12.8 Å². The minimum atomic E-state index is -0.658. The Kier molecular flexibility index (Phi) is 5.30. The van der Waals surface area contributed by atoms with Crippen LogP contribution >= 0.6 is 11.3 Å². The quantitative estimate of drug-likeness (QED) is 0.791. The van der Waals surface area contributed by atoms with E-state index in [0.29, 0.717) is 22.8 Å². The number of hydrogen-bond acceptors (Lipinski definition) is 7. The lowest BCUT2D eigenvalue weighted by atomic mass is 10.1. The largest absolute Gasteiger partial charge is 0.456 e. The summed E-state index contributed by atoms with van der Waals surface area (Å²) in [5.74, 6) is -0.349. The van der Waals surface area contributed by atoms with Gasteiger partial charge in [-0.15, -0.1) is 11.3 Å². The molecule has 2 heterocycles. The zero-order chi connectivity index (χ0) is 17.6. The Bertz CT molecular complexity index is 786. The third kappa shape index (κ3) is 4.57. The normalized spacial score (nSPS) is 11.8. The molecule has 2 amide bonds. The zero-order valence-electron chi connectivity index (χ0n) is 13.2. The van der Waals surface area contributed by atoms with Gasteiger partial charge in [0.1, 0.15) is 0 Å². The average molecular weight is 361 g/mol. The number of hydrogen-bond donors (Lipinski definition) is 1. The van der Waals surface area contributed by atoms with Crippen LogP contribution in [0.1, 0.15) is 21.7 Å². The number of thiophene rings is 1. The summed E-state index contributed by atoms with van der Waals surface area (Å²) in [6.45, 7) is -0.294. The maximum Gasteiger partial charge on any atom is 0.306 e. The second-order valence-corrected chi connectivity index (χ2v) is 6.15. The lowest BCUT2D eigenvalue weighted by Gasteiger charge is -2.06. The highest BCUT2D eigenvalue weighted by Gasteiger charge is 2.15. The van der Waals surface area contributed by atoms with Gasteiger partial charge in [-0.25, -0.2) is 0 Å². The summed E-state index contributed by atoms with van der Waals surface area (Å²) in [5, 5.41) is 3.90. The molecule has 3 rings (SSSR count). The fourth-order valence-electron chi connectivity index (χ4n) is 2.19. The van der Waals surface area contributed by atoms with Crippen molar-refractivity contribution in [3.05, 3.63) is 46.2 Å². The minimum absolute atomic E-state index is 0.117. The fourth-order valence-corrected chi connectivity index (χ4v) is 2.81. The van der Waals surface area contributed by atoms with Crippen LogP contribution in [0.25, 0.3) is 0 Å². The van der Waals surface area contributed by atoms with Gasteiger partial charge in [-0.1, -0.05) is 12.1 Å². The van der Waals surface area contributed by atoms with Crippen molar-refractivity contribution in [3.8, 4) is 11.5 Å². The van der Waals surface area contributed by atoms with Crippen molar-refractivity contribution < 1.29 is 28.6 Å². The third-order valence-corrected chi connectivity index (χ3v) is 4.29. The molecule has 7 nitrogen and oxygen atoms in total. The van der Waals surface area contributed by atoms with Crippen molar-refractivity contribution in [2.24, 2.45) is 0 Å². The average Bonchev–Trinajstić information content (AvgIpc) is 3.28. The van der Waals surface area contributed by atoms with Gasteiger partial charge in [-0.05, 0) is 35.6 Å². The van der Waals surface area contributed by atoms with Crippen LogP contribution in [0.3, 0.4) is 0 Å². The predicted molar refractivity (Wildman–Crippen MR) is 88.6 cm³/mol. The van der Waals surface area contributed by atoms with Gasteiger partial charge >= 0.3 is 5.97 Å². The minimum Gasteiger partial charge on any atom is -0.456 e. The van der Waals surface area contributed by atoms with Crippen LogP contribution in [0.15, 0.2) is 35.7 Å². The number of amides is 2. The van der Waals surface area contributed by atoms with E-state index >= 15 is 0 Å². The number of esters is 1. The molecule has 1 aliphatic rings. The molecule has 1 N–H and O–H groups in total. The molecule has 25 heavy (non-hydrogen) atoms. The van der Waals surface area contributed by atoms with Crippen molar-refractivity contribution in [3.63, 3.8) is 0 Å². The van der Waals surface area contributed by atoms with Gasteiger partial charge in [0.25, 0.3) is 11.8 Å². The highest BCUT2D eigenvalue weighted by Crippen LogP contribution is 2.32. The molecule has 0 fully saturated rings. The van der Waals surface area contributed by atoms with Crippen LogP contribution in [0.2, 0.25) is 0 Å². The summed E-state index contributed by atoms with van der Waals surface area (Å²) in [6.07, 6.45) is 0.566. The Morgan fingerprint density at radius 1 is 1.16 bits per heavy atom. The molecule has 0 saturated heterocycles. The molecule has 2 aromatic rings. The van der Waals surface area contributed by atoms with Gasteiger partial charge in [0, 0.05) is 6.42 Å². The number of rotatable bonds is 6. The monoisotopic (exact) mass is 361 g/mol. The van der Waals surface area contributed by atoms with Crippen LogP contribution in [0.4, 0.5) is 0 Å². The van der Waals surface area contributed by atoms with E-state index in [1.165, 1.54) is 11.3 Å². The number of benzene rings is 1. The Hall–Kier alpha value is -2.87. The first-order chi connectivity index (χ1) is 12.1. The molecule has 0 atom stereocenters. The van der Waals surface area contributed by atoms with E-state index in [4.69, 9.17) is 14.2 Å². The highest BCUT2D eigenvalue weighted by atomic mass is 32.1. The Labute approximate surface area is 147 Å². The van der Waals surface area contributed by atoms with E-state index in [-0.39, 0.29) is 13.2 Å². The number of ether oxygens (including phenoxy) is 3. The predicted octanol–water partition coefficient (Wildman–Crippen LogP) is 1.91. The van der Waals surface area contributed by atoms with E-state index in [2.05, 4.69) is 5.32 Å². The standard InChI is InChI=1S/C17H15NO6S/c19-15(18-17(21)14-2-1-7-25-14)9-22-16(20)6-4-11-3-5-12-13(8-11)24-10-23-12/h1-3,5,7-8H,4,6,9-10H2,(H,18,19,21). The maximum absolute atomic E-state index is 11.7. The number of carbonyl (C=O) groups is 3. The molecule has 0 bridgehead atoms. The lowest BCUT2D eigenvalue weighted by molar-refractivity contribution is -0.148. The van der Waals surface area contributed by atoms with Gasteiger partial charge in [-0.3, -0.25) is 19.7 Å². The van der Waals surface area contributed by atoms with Gasteiger partial charge in [-0.2, -0.15) is 0 Å². The topological polar surface area (TPSA) is 90.9 Å². The molecule has 0 spiro atoms. The van der Waals surface area contributed by atoms with Gasteiger partial charge in [0.2, 0.25) is 6.79 Å². The van der Waals surface area contributed by atoms with Crippen LogP contribution in [0.5, 0.6) is 11.5 Å². The molecular formula is C17H15NO6S. The number of fused-ring (bicyclic) bond motifs is 1. The molecule has 0 aliphatic carbocycles. The van der Waals surface area contributed by atoms with Gasteiger partial charge in [0.05, 0.1) is 4.88 Å². The molecule has 0 saturated carbocycles. The van der Waals surface area contributed by atoms with E-state index in [1.807, 2.05) is 12.1 Å². The van der Waals surface area contributed by atoms with Crippen molar-refractivity contribution in [1.29, 1.82) is 0 Å². The maximum atomic E-state index is 11.7. The van der Waals surface area contributed by atoms with E-state index in [9.17, 15) is 14.4 Å². The molecular weight excluding hydrogens is 346 g/mol. The van der Waals surface area contributed by atoms with E-state index in [0.717, 1.165) is 5.56 Å². The second kappa shape index (κ2) is 7.80. The summed E-state index contributed by atoms with van der Waals surface area (Å²) in [7, 11) is 0. The van der Waals surface area contributed by atoms with Crippen LogP contribution in [0, 0.1) is 0 Å². The summed E-state index contributed by atoms with van der Waals surface area (Å²) in [5.41, 5.74) is 0.901. The van der Waals surface area contributed by atoms with Crippen molar-refractivity contribution >= 4 is 29.1 Å². The number of imide groups is 1. The Morgan fingerprint density at radius 2 is 2.00 bits per heavy atom. The van der Waals surface area contributed by atoms with Crippen LogP contribution in [-0.4, -0.2) is 31.2 Å². The first-order valence-electron chi connectivity index (χ1n) is 7.53. The fraction of sp³-hybridized carbons (Fsp3) is 0.235. The zero-order valence-corrected chi connectivity index (χ0v) is 14.0. The number of carbonyl (C=O) groups excluding carboxylic acids is 3. The second-order valence-electron chi connectivity index (χ2n) is 5.20. The number of nitrogens with one attached hydrogen (secondary N) is 1. The summed E-state index contributed by atoms with van der Waals surface area (Å²) in [4.78, 5) is 35.4. The number of aryl methyl sites for hydroxylation is 1. The summed E-state index contributed by atoms with van der Waals surface area (Å²) < 4.78 is 15.4. The smallest absolute Gasteiger partial charge is 0.306 e. The Morgan fingerprint density at radius 3 is 2.80 bits per heavy atom. The first kappa shape index (κ1) is 17.0. The van der Waals surface area contributed by atoms with Gasteiger partial charge in [0.15, 0.2) is 18.1 Å².